The Morgan fingerprint density at radius 1 is 1.47 bits per heavy atom. The number of carbonyl (C=O) groups is 2. The number of hydrogen-bond acceptors (Lipinski definition) is 4. The van der Waals surface area contributed by atoms with Crippen molar-refractivity contribution in [1.82, 2.24) is 15.5 Å². The van der Waals surface area contributed by atoms with Crippen molar-refractivity contribution < 1.29 is 9.59 Å². The summed E-state index contributed by atoms with van der Waals surface area (Å²) in [6, 6.07) is -0.222. The predicted molar refractivity (Wildman–Crippen MR) is 68.1 cm³/mol. The highest BCUT2D eigenvalue weighted by Crippen LogP contribution is 2.24. The van der Waals surface area contributed by atoms with Crippen molar-refractivity contribution in [3.8, 4) is 0 Å². The Morgan fingerprint density at radius 2 is 2.29 bits per heavy atom. The molecule has 17 heavy (non-hydrogen) atoms. The van der Waals surface area contributed by atoms with Crippen molar-refractivity contribution in [3.63, 3.8) is 0 Å². The Kier molecular flexibility index (Phi) is 3.93. The zero-order valence-corrected chi connectivity index (χ0v) is 10.9. The summed E-state index contributed by atoms with van der Waals surface area (Å²) in [5.41, 5.74) is -0.644. The molecule has 0 aromatic rings. The predicted octanol–water partition coefficient (Wildman–Crippen LogP) is 0.413. The van der Waals surface area contributed by atoms with E-state index in [1.807, 2.05) is 11.8 Å². The highest BCUT2D eigenvalue weighted by Gasteiger charge is 2.52. The number of nitrogens with zero attached hydrogens (tertiary/aromatic N) is 1. The molecule has 2 N–H and O–H groups in total. The number of thioether (sulfide) groups is 1. The minimum atomic E-state index is -0.644. The maximum atomic E-state index is 12.2. The second-order valence-electron chi connectivity index (χ2n) is 4.45. The molecular weight excluding hydrogens is 238 g/mol. The third kappa shape index (κ3) is 2.42. The molecule has 5 nitrogen and oxygen atoms in total. The second kappa shape index (κ2) is 5.27. The number of rotatable bonds is 5. The standard InChI is InChI=1S/C11H19N3O2S/c1-2-17-7-3-6-14-9(15)11(13-10(14)16)4-5-12-8-11/h12H,2-8H2,1H3,(H,13,16). The first-order valence-corrected chi connectivity index (χ1v) is 7.28. The van der Waals surface area contributed by atoms with Gasteiger partial charge in [-0.15, -0.1) is 0 Å². The fourth-order valence-electron chi connectivity index (χ4n) is 2.33. The van der Waals surface area contributed by atoms with Gasteiger partial charge in [-0.3, -0.25) is 9.69 Å². The Morgan fingerprint density at radius 3 is 2.94 bits per heavy atom. The van der Waals surface area contributed by atoms with E-state index in [-0.39, 0.29) is 11.9 Å². The zero-order chi connectivity index (χ0) is 12.3. The summed E-state index contributed by atoms with van der Waals surface area (Å²) < 4.78 is 0. The van der Waals surface area contributed by atoms with Crippen molar-refractivity contribution in [2.45, 2.75) is 25.3 Å². The average Bonchev–Trinajstić information content (AvgIpc) is 2.85. The molecule has 2 heterocycles. The molecule has 2 rings (SSSR count). The molecular formula is C11H19N3O2S. The summed E-state index contributed by atoms with van der Waals surface area (Å²) in [7, 11) is 0. The normalized spacial score (nSPS) is 28.2. The number of imide groups is 1. The van der Waals surface area contributed by atoms with Gasteiger partial charge in [0.1, 0.15) is 5.54 Å². The van der Waals surface area contributed by atoms with Gasteiger partial charge in [0, 0.05) is 13.1 Å². The molecule has 3 amide bonds. The van der Waals surface area contributed by atoms with Crippen LogP contribution in [0.25, 0.3) is 0 Å². The minimum Gasteiger partial charge on any atom is -0.322 e. The minimum absolute atomic E-state index is 0.0472. The van der Waals surface area contributed by atoms with Crippen molar-refractivity contribution >= 4 is 23.7 Å². The van der Waals surface area contributed by atoms with Crippen LogP contribution in [0.2, 0.25) is 0 Å². The van der Waals surface area contributed by atoms with Gasteiger partial charge in [-0.2, -0.15) is 11.8 Å². The third-order valence-corrected chi connectivity index (χ3v) is 4.26. The first-order chi connectivity index (χ1) is 8.19. The van der Waals surface area contributed by atoms with Crippen LogP contribution in [0.5, 0.6) is 0 Å². The summed E-state index contributed by atoms with van der Waals surface area (Å²) >= 11 is 1.84. The molecule has 2 aliphatic heterocycles. The van der Waals surface area contributed by atoms with E-state index in [1.165, 1.54) is 4.90 Å². The fourth-order valence-corrected chi connectivity index (χ4v) is 2.95. The van der Waals surface area contributed by atoms with Crippen LogP contribution in [-0.2, 0) is 4.79 Å². The summed E-state index contributed by atoms with van der Waals surface area (Å²) in [5, 5.41) is 5.97. The third-order valence-electron chi connectivity index (χ3n) is 3.28. The smallest absolute Gasteiger partial charge is 0.322 e. The van der Waals surface area contributed by atoms with Crippen molar-refractivity contribution in [2.75, 3.05) is 31.1 Å². The van der Waals surface area contributed by atoms with Crippen LogP contribution in [0.15, 0.2) is 0 Å². The van der Waals surface area contributed by atoms with Crippen LogP contribution in [0.3, 0.4) is 0 Å². The number of amides is 3. The molecule has 0 bridgehead atoms. The van der Waals surface area contributed by atoms with Crippen LogP contribution in [0.1, 0.15) is 19.8 Å². The number of hydrogen-bond donors (Lipinski definition) is 2. The first-order valence-electron chi connectivity index (χ1n) is 6.12. The van der Waals surface area contributed by atoms with Crippen LogP contribution < -0.4 is 10.6 Å². The van der Waals surface area contributed by atoms with E-state index in [2.05, 4.69) is 17.6 Å². The van der Waals surface area contributed by atoms with Gasteiger partial charge in [0.2, 0.25) is 0 Å². The molecule has 96 valence electrons. The molecule has 0 aliphatic carbocycles. The Bertz CT molecular complexity index is 316. The maximum absolute atomic E-state index is 12.2. The van der Waals surface area contributed by atoms with Gasteiger partial charge in [-0.05, 0) is 30.9 Å². The lowest BCUT2D eigenvalue weighted by Gasteiger charge is -2.19. The molecule has 0 saturated carbocycles. The van der Waals surface area contributed by atoms with Gasteiger partial charge in [0.25, 0.3) is 5.91 Å². The van der Waals surface area contributed by atoms with E-state index in [1.54, 1.807) is 0 Å². The van der Waals surface area contributed by atoms with Gasteiger partial charge in [0.05, 0.1) is 0 Å². The molecule has 2 fully saturated rings. The van der Waals surface area contributed by atoms with Gasteiger partial charge >= 0.3 is 6.03 Å². The van der Waals surface area contributed by atoms with Crippen molar-refractivity contribution in [3.05, 3.63) is 0 Å². The molecule has 0 aromatic carbocycles. The Labute approximate surface area is 106 Å². The molecule has 1 spiro atoms. The van der Waals surface area contributed by atoms with E-state index in [0.29, 0.717) is 19.5 Å². The molecule has 6 heteroatoms. The summed E-state index contributed by atoms with van der Waals surface area (Å²) in [6.45, 7) is 4.01. The number of carbonyl (C=O) groups excluding carboxylic acids is 2. The largest absolute Gasteiger partial charge is 0.325 e. The molecule has 1 atom stereocenters. The second-order valence-corrected chi connectivity index (χ2v) is 5.84. The first kappa shape index (κ1) is 12.7. The molecule has 2 aliphatic rings. The lowest BCUT2D eigenvalue weighted by molar-refractivity contribution is -0.130. The van der Waals surface area contributed by atoms with Gasteiger partial charge in [-0.25, -0.2) is 4.79 Å². The van der Waals surface area contributed by atoms with Gasteiger partial charge in [-0.1, -0.05) is 6.92 Å². The molecule has 0 radical (unpaired) electrons. The molecule has 2 saturated heterocycles. The average molecular weight is 257 g/mol. The lowest BCUT2D eigenvalue weighted by Crippen LogP contribution is -2.48. The van der Waals surface area contributed by atoms with Gasteiger partial charge in [0.15, 0.2) is 0 Å². The van der Waals surface area contributed by atoms with Crippen LogP contribution >= 0.6 is 11.8 Å². The van der Waals surface area contributed by atoms with E-state index < -0.39 is 5.54 Å². The van der Waals surface area contributed by atoms with Crippen LogP contribution in [0.4, 0.5) is 4.79 Å². The quantitative estimate of drug-likeness (QED) is 0.553. The molecule has 0 aromatic heterocycles. The summed E-state index contributed by atoms with van der Waals surface area (Å²) in [5.74, 6) is 2.03. The van der Waals surface area contributed by atoms with Crippen molar-refractivity contribution in [1.29, 1.82) is 0 Å². The zero-order valence-electron chi connectivity index (χ0n) is 10.1. The highest BCUT2D eigenvalue weighted by atomic mass is 32.2. The highest BCUT2D eigenvalue weighted by molar-refractivity contribution is 7.99. The van der Waals surface area contributed by atoms with E-state index in [4.69, 9.17) is 0 Å². The number of urea groups is 1. The van der Waals surface area contributed by atoms with E-state index in [9.17, 15) is 9.59 Å². The Balaban J connectivity index is 1.90. The number of nitrogens with one attached hydrogen (secondary N) is 2. The van der Waals surface area contributed by atoms with E-state index >= 15 is 0 Å². The fraction of sp³-hybridized carbons (Fsp3) is 0.818. The van der Waals surface area contributed by atoms with E-state index in [0.717, 1.165) is 24.5 Å². The Hall–Kier alpha value is -0.750. The van der Waals surface area contributed by atoms with Gasteiger partial charge < -0.3 is 10.6 Å². The van der Waals surface area contributed by atoms with Crippen molar-refractivity contribution in [2.24, 2.45) is 0 Å². The van der Waals surface area contributed by atoms with Crippen LogP contribution in [0, 0.1) is 0 Å². The lowest BCUT2D eigenvalue weighted by atomic mass is 9.99. The summed E-state index contributed by atoms with van der Waals surface area (Å²) in [4.78, 5) is 25.3. The summed E-state index contributed by atoms with van der Waals surface area (Å²) in [6.07, 6.45) is 1.58. The monoisotopic (exact) mass is 257 g/mol. The molecule has 1 unspecified atom stereocenters. The van der Waals surface area contributed by atoms with Crippen LogP contribution in [-0.4, -0.2) is 53.5 Å². The SMILES string of the molecule is CCSCCCN1C(=O)NC2(CCNC2)C1=O. The topological polar surface area (TPSA) is 61.4 Å². The maximum Gasteiger partial charge on any atom is 0.325 e.